The summed E-state index contributed by atoms with van der Waals surface area (Å²) in [5, 5.41) is 10.9. The lowest BCUT2D eigenvalue weighted by molar-refractivity contribution is -0.138. The fourth-order valence-electron chi connectivity index (χ4n) is 3.84. The average Bonchev–Trinajstić information content (AvgIpc) is 3.22. The molecule has 0 spiro atoms. The second kappa shape index (κ2) is 11.6. The van der Waals surface area contributed by atoms with Crippen LogP contribution in [-0.2, 0) is 31.4 Å². The van der Waals surface area contributed by atoms with Crippen molar-refractivity contribution < 1.29 is 30.9 Å². The summed E-state index contributed by atoms with van der Waals surface area (Å²) in [5.74, 6) is -1.33. The molecule has 3 aromatic carbocycles. The molecule has 1 heterocycles. The molecule has 39 heavy (non-hydrogen) atoms. The number of nitrogens with one attached hydrogen (secondary N) is 1. The number of fused-ring (bicyclic) bond motifs is 1. The van der Waals surface area contributed by atoms with Gasteiger partial charge in [-0.05, 0) is 74.2 Å². The number of sulfonamides is 1. The first-order valence-corrected chi connectivity index (χ1v) is 16.5. The number of benzene rings is 3. The van der Waals surface area contributed by atoms with Gasteiger partial charge in [-0.2, -0.15) is 13.1 Å². The minimum absolute atomic E-state index is 0.0139. The van der Waals surface area contributed by atoms with Gasteiger partial charge in [-0.1, -0.05) is 36.4 Å². The van der Waals surface area contributed by atoms with Crippen LogP contribution in [0.4, 0.5) is 5.69 Å². The van der Waals surface area contributed by atoms with Crippen molar-refractivity contribution >= 4 is 85.8 Å². The lowest BCUT2D eigenvalue weighted by atomic mass is 10.1. The molecular formula is C25H22Br2N2O7S3. The number of anilines is 1. The van der Waals surface area contributed by atoms with Crippen molar-refractivity contribution in [1.82, 2.24) is 4.72 Å². The highest BCUT2D eigenvalue weighted by Gasteiger charge is 2.28. The molecular weight excluding hydrogens is 696 g/mol. The number of nitrogens with zero attached hydrogens (tertiary/aromatic N) is 1. The number of rotatable bonds is 10. The molecule has 0 saturated heterocycles. The summed E-state index contributed by atoms with van der Waals surface area (Å²) in [7, 11) is -4.56. The molecule has 0 saturated carbocycles. The van der Waals surface area contributed by atoms with Gasteiger partial charge in [0.25, 0.3) is 10.0 Å². The molecule has 0 radical (unpaired) electrons. The summed E-state index contributed by atoms with van der Waals surface area (Å²) in [4.78, 5) is 13.7. The van der Waals surface area contributed by atoms with E-state index in [4.69, 9.17) is 4.18 Å². The van der Waals surface area contributed by atoms with E-state index in [1.807, 2.05) is 31.1 Å². The van der Waals surface area contributed by atoms with Gasteiger partial charge in [0.15, 0.2) is 0 Å². The van der Waals surface area contributed by atoms with Gasteiger partial charge in [0.05, 0.1) is 3.79 Å². The maximum Gasteiger partial charge on any atom is 0.339 e. The fraction of sp³-hybridized carbons (Fsp3) is 0.160. The van der Waals surface area contributed by atoms with Crippen LogP contribution in [0.25, 0.3) is 10.8 Å². The molecule has 0 bridgehead atoms. The SMILES string of the molecule is CN(C)c1cccc2c(S(=O)(=O)Oc3ccc(C[C@H](NS(=O)(=O)c4cc(Br)c(Br)s4)C(=O)O)cc3)cccc12. The minimum Gasteiger partial charge on any atom is -0.480 e. The van der Waals surface area contributed by atoms with E-state index in [1.54, 1.807) is 18.2 Å². The number of carbonyl (C=O) groups is 1. The first-order valence-electron chi connectivity index (χ1n) is 11.2. The molecule has 0 aliphatic carbocycles. The number of hydrogen-bond acceptors (Lipinski definition) is 8. The van der Waals surface area contributed by atoms with E-state index >= 15 is 0 Å². The Bertz CT molecular complexity index is 1730. The summed E-state index contributed by atoms with van der Waals surface area (Å²) >= 11 is 7.39. The number of aliphatic carboxylic acids is 1. The Morgan fingerprint density at radius 2 is 1.64 bits per heavy atom. The molecule has 0 fully saturated rings. The van der Waals surface area contributed by atoms with E-state index < -0.39 is 32.2 Å². The van der Waals surface area contributed by atoms with Crippen molar-refractivity contribution in [2.24, 2.45) is 0 Å². The number of thiophene rings is 1. The Morgan fingerprint density at radius 3 is 2.23 bits per heavy atom. The molecule has 0 aliphatic rings. The highest BCUT2D eigenvalue weighted by molar-refractivity contribution is 9.13. The van der Waals surface area contributed by atoms with Crippen LogP contribution >= 0.6 is 43.2 Å². The zero-order chi connectivity index (χ0) is 28.5. The fourth-order valence-corrected chi connectivity index (χ4v) is 9.02. The van der Waals surface area contributed by atoms with E-state index in [1.165, 1.54) is 36.4 Å². The van der Waals surface area contributed by atoms with Gasteiger partial charge in [0, 0.05) is 35.0 Å². The number of carboxylic acid groups (broad SMARTS) is 1. The summed E-state index contributed by atoms with van der Waals surface area (Å²) in [6.45, 7) is 0. The van der Waals surface area contributed by atoms with E-state index in [9.17, 15) is 26.7 Å². The number of hydrogen-bond donors (Lipinski definition) is 2. The van der Waals surface area contributed by atoms with E-state index in [0.717, 1.165) is 22.4 Å². The summed E-state index contributed by atoms with van der Waals surface area (Å²) in [6.07, 6.45) is -0.175. The topological polar surface area (TPSA) is 130 Å². The molecule has 4 rings (SSSR count). The Morgan fingerprint density at radius 1 is 1.00 bits per heavy atom. The van der Waals surface area contributed by atoms with Crippen LogP contribution in [-0.4, -0.2) is 48.0 Å². The molecule has 0 unspecified atom stereocenters. The van der Waals surface area contributed by atoms with Crippen molar-refractivity contribution in [1.29, 1.82) is 0 Å². The predicted octanol–water partition coefficient (Wildman–Crippen LogP) is 5.23. The van der Waals surface area contributed by atoms with Crippen LogP contribution in [0.5, 0.6) is 5.75 Å². The first kappa shape index (κ1) is 29.5. The molecule has 0 aliphatic heterocycles. The third kappa shape index (κ3) is 6.64. The Balaban J connectivity index is 1.53. The van der Waals surface area contributed by atoms with Gasteiger partial charge >= 0.3 is 16.1 Å². The van der Waals surface area contributed by atoms with Crippen LogP contribution < -0.4 is 13.8 Å². The smallest absolute Gasteiger partial charge is 0.339 e. The molecule has 14 heteroatoms. The number of carboxylic acids is 1. The van der Waals surface area contributed by atoms with Gasteiger partial charge < -0.3 is 14.2 Å². The van der Waals surface area contributed by atoms with Gasteiger partial charge in [-0.25, -0.2) is 8.42 Å². The molecule has 2 N–H and O–H groups in total. The molecule has 1 atom stereocenters. The Hall–Kier alpha value is -2.49. The van der Waals surface area contributed by atoms with Gasteiger partial charge in [0.2, 0.25) is 0 Å². The first-order chi connectivity index (χ1) is 18.3. The minimum atomic E-state index is -4.20. The van der Waals surface area contributed by atoms with Crippen LogP contribution in [0.15, 0.2) is 84.1 Å². The zero-order valence-corrected chi connectivity index (χ0v) is 26.1. The van der Waals surface area contributed by atoms with Crippen molar-refractivity contribution in [3.8, 4) is 5.75 Å². The summed E-state index contributed by atoms with van der Waals surface area (Å²) in [6, 6.07) is 16.0. The Kier molecular flexibility index (Phi) is 8.73. The monoisotopic (exact) mass is 716 g/mol. The maximum atomic E-state index is 13.2. The lowest BCUT2D eigenvalue weighted by Crippen LogP contribution is -2.42. The second-order valence-corrected chi connectivity index (χ2v) is 15.3. The van der Waals surface area contributed by atoms with Crippen molar-refractivity contribution in [2.75, 3.05) is 19.0 Å². The molecule has 206 valence electrons. The van der Waals surface area contributed by atoms with E-state index in [-0.39, 0.29) is 21.3 Å². The molecule has 0 amide bonds. The van der Waals surface area contributed by atoms with Crippen LogP contribution in [0.3, 0.4) is 0 Å². The average molecular weight is 718 g/mol. The zero-order valence-electron chi connectivity index (χ0n) is 20.5. The number of halogens is 2. The second-order valence-electron chi connectivity index (χ2n) is 8.61. The van der Waals surface area contributed by atoms with Crippen molar-refractivity contribution in [3.05, 3.63) is 80.6 Å². The maximum absolute atomic E-state index is 13.2. The van der Waals surface area contributed by atoms with E-state index in [2.05, 4.69) is 36.6 Å². The van der Waals surface area contributed by atoms with Crippen LogP contribution in [0.1, 0.15) is 5.56 Å². The molecule has 1 aromatic heterocycles. The Labute approximate surface area is 246 Å². The van der Waals surface area contributed by atoms with Crippen molar-refractivity contribution in [3.63, 3.8) is 0 Å². The third-order valence-corrected chi connectivity index (χ3v) is 12.2. The van der Waals surface area contributed by atoms with E-state index in [0.29, 0.717) is 19.2 Å². The standard InChI is InChI=1S/C25H22Br2N2O7S3/c1-29(2)21-7-3-6-18-17(21)5-4-8-22(18)39(34,35)36-16-11-9-15(10-12-16)13-20(25(30)31)28-38(32,33)23-14-19(26)24(27)37-23/h3-12,14,20,28H,13H2,1-2H3,(H,30,31)/t20-/m0/s1. The predicted molar refractivity (Wildman–Crippen MR) is 158 cm³/mol. The molecule has 9 nitrogen and oxygen atoms in total. The normalized spacial score (nSPS) is 12.8. The van der Waals surface area contributed by atoms with Crippen LogP contribution in [0, 0.1) is 0 Å². The highest BCUT2D eigenvalue weighted by Crippen LogP contribution is 2.35. The van der Waals surface area contributed by atoms with Crippen LogP contribution in [0.2, 0.25) is 0 Å². The molecule has 4 aromatic rings. The summed E-state index contributed by atoms with van der Waals surface area (Å²) in [5.41, 5.74) is 1.32. The van der Waals surface area contributed by atoms with Gasteiger partial charge in [0.1, 0.15) is 20.9 Å². The summed E-state index contributed by atoms with van der Waals surface area (Å²) < 4.78 is 60.4. The largest absolute Gasteiger partial charge is 0.480 e. The highest BCUT2D eigenvalue weighted by atomic mass is 79.9. The van der Waals surface area contributed by atoms with Gasteiger partial charge in [-0.3, -0.25) is 4.79 Å². The van der Waals surface area contributed by atoms with Gasteiger partial charge in [-0.15, -0.1) is 11.3 Å². The third-order valence-electron chi connectivity index (χ3n) is 5.66. The lowest BCUT2D eigenvalue weighted by Gasteiger charge is -2.17. The van der Waals surface area contributed by atoms with Crippen molar-refractivity contribution in [2.45, 2.75) is 21.6 Å². The quantitative estimate of drug-likeness (QED) is 0.213.